The number of carbonyl (C=O) groups is 1. The number of rotatable bonds is 5. The first-order chi connectivity index (χ1) is 8.74. The second kappa shape index (κ2) is 6.16. The minimum absolute atomic E-state index is 0.116. The van der Waals surface area contributed by atoms with Crippen molar-refractivity contribution in [3.8, 4) is 5.75 Å². The Morgan fingerprint density at radius 1 is 1.33 bits per heavy atom. The molecule has 3 nitrogen and oxygen atoms in total. The number of amides is 1. The summed E-state index contributed by atoms with van der Waals surface area (Å²) >= 11 is 1.58. The monoisotopic (exact) mass is 265 g/mol. The zero-order chi connectivity index (χ0) is 12.8. The molecule has 0 radical (unpaired) electrons. The summed E-state index contributed by atoms with van der Waals surface area (Å²) in [5, 5.41) is 4.67. The lowest BCUT2D eigenvalue weighted by molar-refractivity contribution is -0.123. The maximum absolute atomic E-state index is 12.8. The van der Waals surface area contributed by atoms with E-state index in [4.69, 9.17) is 4.74 Å². The quantitative estimate of drug-likeness (QED) is 0.902. The van der Waals surface area contributed by atoms with E-state index in [1.54, 1.807) is 17.4 Å². The third-order valence-electron chi connectivity index (χ3n) is 2.21. The molecule has 1 aromatic heterocycles. The van der Waals surface area contributed by atoms with Gasteiger partial charge in [0, 0.05) is 10.9 Å². The highest BCUT2D eigenvalue weighted by atomic mass is 32.1. The Bertz CT molecular complexity index is 513. The number of hydrogen-bond acceptors (Lipinski definition) is 3. The summed E-state index contributed by atoms with van der Waals surface area (Å²) in [6.07, 6.45) is 0. The van der Waals surface area contributed by atoms with Crippen LogP contribution in [0.25, 0.3) is 0 Å². The minimum Gasteiger partial charge on any atom is -0.484 e. The molecule has 0 atom stereocenters. The molecule has 0 aliphatic rings. The first-order valence-corrected chi connectivity index (χ1v) is 6.29. The molecule has 1 amide bonds. The Hall–Kier alpha value is -1.88. The van der Waals surface area contributed by atoms with Crippen molar-refractivity contribution in [3.05, 3.63) is 52.5 Å². The van der Waals surface area contributed by atoms with Gasteiger partial charge in [0.2, 0.25) is 0 Å². The number of carbonyl (C=O) groups excluding carboxylic acids is 1. The number of nitrogens with one attached hydrogen (secondary N) is 1. The van der Waals surface area contributed by atoms with Crippen molar-refractivity contribution in [1.29, 1.82) is 0 Å². The van der Waals surface area contributed by atoms with Gasteiger partial charge in [0.25, 0.3) is 5.91 Å². The second-order valence-corrected chi connectivity index (χ2v) is 4.63. The van der Waals surface area contributed by atoms with E-state index in [0.717, 1.165) is 4.88 Å². The molecular formula is C13H12FNO2S. The van der Waals surface area contributed by atoms with Gasteiger partial charge in [-0.05, 0) is 23.6 Å². The Morgan fingerprint density at radius 3 is 2.94 bits per heavy atom. The van der Waals surface area contributed by atoms with Crippen molar-refractivity contribution in [1.82, 2.24) is 5.32 Å². The summed E-state index contributed by atoms with van der Waals surface area (Å²) in [5.74, 6) is -0.263. The predicted molar refractivity (Wildman–Crippen MR) is 68.1 cm³/mol. The highest BCUT2D eigenvalue weighted by Crippen LogP contribution is 2.11. The lowest BCUT2D eigenvalue weighted by Gasteiger charge is -2.06. The molecule has 5 heteroatoms. The van der Waals surface area contributed by atoms with Crippen molar-refractivity contribution < 1.29 is 13.9 Å². The van der Waals surface area contributed by atoms with Crippen LogP contribution in [0.1, 0.15) is 4.88 Å². The smallest absolute Gasteiger partial charge is 0.258 e. The first kappa shape index (κ1) is 12.6. The fraction of sp³-hybridized carbons (Fsp3) is 0.154. The second-order valence-electron chi connectivity index (χ2n) is 3.60. The van der Waals surface area contributed by atoms with Gasteiger partial charge in [-0.3, -0.25) is 4.79 Å². The van der Waals surface area contributed by atoms with Gasteiger partial charge in [0.1, 0.15) is 11.6 Å². The summed E-state index contributed by atoms with van der Waals surface area (Å²) in [7, 11) is 0. The molecule has 18 heavy (non-hydrogen) atoms. The van der Waals surface area contributed by atoms with Crippen LogP contribution in [0.15, 0.2) is 41.8 Å². The number of ether oxygens (including phenoxy) is 1. The van der Waals surface area contributed by atoms with Crippen LogP contribution in [0.4, 0.5) is 4.39 Å². The van der Waals surface area contributed by atoms with Gasteiger partial charge < -0.3 is 10.1 Å². The zero-order valence-electron chi connectivity index (χ0n) is 9.56. The van der Waals surface area contributed by atoms with E-state index >= 15 is 0 Å². The minimum atomic E-state index is -0.383. The molecule has 0 saturated carbocycles. The molecule has 94 valence electrons. The number of benzene rings is 1. The van der Waals surface area contributed by atoms with Crippen LogP contribution in [0, 0.1) is 5.82 Å². The molecule has 0 aliphatic heterocycles. The van der Waals surface area contributed by atoms with E-state index in [0.29, 0.717) is 12.3 Å². The summed E-state index contributed by atoms with van der Waals surface area (Å²) in [5.41, 5.74) is 0. The fourth-order valence-corrected chi connectivity index (χ4v) is 2.00. The van der Waals surface area contributed by atoms with Crippen LogP contribution in [0.5, 0.6) is 5.75 Å². The molecule has 1 heterocycles. The molecular weight excluding hydrogens is 253 g/mol. The van der Waals surface area contributed by atoms with Gasteiger partial charge in [0.05, 0.1) is 6.54 Å². The SMILES string of the molecule is O=C(COc1cccc(F)c1)NCc1cccs1. The largest absolute Gasteiger partial charge is 0.484 e. The summed E-state index contributed by atoms with van der Waals surface area (Å²) in [4.78, 5) is 12.5. The van der Waals surface area contributed by atoms with Gasteiger partial charge in [-0.25, -0.2) is 4.39 Å². The lowest BCUT2D eigenvalue weighted by Crippen LogP contribution is -2.28. The molecule has 2 aromatic rings. The third-order valence-corrected chi connectivity index (χ3v) is 3.08. The van der Waals surface area contributed by atoms with E-state index in [1.807, 2.05) is 17.5 Å². The highest BCUT2D eigenvalue weighted by Gasteiger charge is 2.03. The van der Waals surface area contributed by atoms with Gasteiger partial charge >= 0.3 is 0 Å². The molecule has 0 bridgehead atoms. The van der Waals surface area contributed by atoms with Crippen LogP contribution in [0.2, 0.25) is 0 Å². The zero-order valence-corrected chi connectivity index (χ0v) is 10.4. The van der Waals surface area contributed by atoms with Crippen molar-refractivity contribution >= 4 is 17.2 Å². The fourth-order valence-electron chi connectivity index (χ4n) is 1.36. The maximum Gasteiger partial charge on any atom is 0.258 e. The average Bonchev–Trinajstić information content (AvgIpc) is 2.87. The molecule has 0 fully saturated rings. The van der Waals surface area contributed by atoms with Crippen molar-refractivity contribution in [2.24, 2.45) is 0 Å². The predicted octanol–water partition coefficient (Wildman–Crippen LogP) is 2.58. The van der Waals surface area contributed by atoms with Gasteiger partial charge in [-0.1, -0.05) is 12.1 Å². The van der Waals surface area contributed by atoms with Gasteiger partial charge in [-0.15, -0.1) is 11.3 Å². The van der Waals surface area contributed by atoms with Gasteiger partial charge in [-0.2, -0.15) is 0 Å². The summed E-state index contributed by atoms with van der Waals surface area (Å²) in [6.45, 7) is 0.373. The lowest BCUT2D eigenvalue weighted by atomic mass is 10.3. The van der Waals surface area contributed by atoms with E-state index < -0.39 is 0 Å². The molecule has 0 aliphatic carbocycles. The average molecular weight is 265 g/mol. The number of hydrogen-bond donors (Lipinski definition) is 1. The van der Waals surface area contributed by atoms with E-state index in [1.165, 1.54) is 18.2 Å². The summed E-state index contributed by atoms with van der Waals surface area (Å²) in [6, 6.07) is 9.58. The molecule has 1 aromatic carbocycles. The van der Waals surface area contributed by atoms with Crippen molar-refractivity contribution in [2.75, 3.05) is 6.61 Å². The topological polar surface area (TPSA) is 38.3 Å². The number of thiophene rings is 1. The van der Waals surface area contributed by atoms with Crippen molar-refractivity contribution in [2.45, 2.75) is 6.54 Å². The maximum atomic E-state index is 12.8. The molecule has 1 N–H and O–H groups in total. The highest BCUT2D eigenvalue weighted by molar-refractivity contribution is 7.09. The van der Waals surface area contributed by atoms with E-state index in [-0.39, 0.29) is 18.3 Å². The Balaban J connectivity index is 1.75. The van der Waals surface area contributed by atoms with Crippen LogP contribution < -0.4 is 10.1 Å². The van der Waals surface area contributed by atoms with Crippen molar-refractivity contribution in [3.63, 3.8) is 0 Å². The first-order valence-electron chi connectivity index (χ1n) is 5.41. The Kier molecular flexibility index (Phi) is 4.30. The number of halogens is 1. The van der Waals surface area contributed by atoms with Crippen LogP contribution >= 0.6 is 11.3 Å². The van der Waals surface area contributed by atoms with Crippen LogP contribution in [0.3, 0.4) is 0 Å². The molecule has 0 spiro atoms. The van der Waals surface area contributed by atoms with E-state index in [2.05, 4.69) is 5.32 Å². The molecule has 0 unspecified atom stereocenters. The van der Waals surface area contributed by atoms with Crippen LogP contribution in [-0.2, 0) is 11.3 Å². The Morgan fingerprint density at radius 2 is 2.22 bits per heavy atom. The van der Waals surface area contributed by atoms with Crippen LogP contribution in [-0.4, -0.2) is 12.5 Å². The van der Waals surface area contributed by atoms with Gasteiger partial charge in [0.15, 0.2) is 6.61 Å². The summed E-state index contributed by atoms with van der Waals surface area (Å²) < 4.78 is 18.0. The molecule has 0 saturated heterocycles. The molecule has 2 rings (SSSR count). The standard InChI is InChI=1S/C13H12FNO2S/c14-10-3-1-4-11(7-10)17-9-13(16)15-8-12-5-2-6-18-12/h1-7H,8-9H2,(H,15,16). The Labute approximate surface area is 108 Å². The van der Waals surface area contributed by atoms with E-state index in [9.17, 15) is 9.18 Å². The normalized spacial score (nSPS) is 10.1. The third kappa shape index (κ3) is 3.85.